The van der Waals surface area contributed by atoms with E-state index in [-0.39, 0.29) is 5.91 Å². The highest BCUT2D eigenvalue weighted by Gasteiger charge is 2.16. The first-order chi connectivity index (χ1) is 7.77. The van der Waals surface area contributed by atoms with Crippen LogP contribution in [0.25, 0.3) is 0 Å². The molecule has 1 saturated heterocycles. The van der Waals surface area contributed by atoms with Crippen molar-refractivity contribution in [1.82, 2.24) is 4.90 Å². The summed E-state index contributed by atoms with van der Waals surface area (Å²) in [6.45, 7) is 1.84. The number of hydrogen-bond donors (Lipinski definition) is 0. The smallest absolute Gasteiger partial charge is 0.253 e. The highest BCUT2D eigenvalue weighted by molar-refractivity contribution is 14.1. The third kappa shape index (κ3) is 2.97. The van der Waals surface area contributed by atoms with Gasteiger partial charge in [-0.05, 0) is 53.6 Å². The fourth-order valence-corrected chi connectivity index (χ4v) is 2.62. The van der Waals surface area contributed by atoms with Gasteiger partial charge in [0.05, 0.1) is 0 Å². The first kappa shape index (κ1) is 11.9. The summed E-state index contributed by atoms with van der Waals surface area (Å²) in [5, 5.41) is 0. The molecule has 0 aliphatic carbocycles. The van der Waals surface area contributed by atoms with Gasteiger partial charge in [0.25, 0.3) is 5.91 Å². The molecule has 0 atom stereocenters. The molecule has 86 valence electrons. The Bertz CT molecular complexity index is 370. The Morgan fingerprint density at radius 2 is 1.81 bits per heavy atom. The second-order valence-electron chi connectivity index (χ2n) is 4.22. The number of nitrogens with zero attached hydrogens (tertiary/aromatic N) is 1. The molecule has 16 heavy (non-hydrogen) atoms. The van der Waals surface area contributed by atoms with Gasteiger partial charge in [-0.3, -0.25) is 4.79 Å². The van der Waals surface area contributed by atoms with Crippen LogP contribution in [0, 0.1) is 3.57 Å². The number of amides is 1. The van der Waals surface area contributed by atoms with Crippen molar-refractivity contribution in [2.75, 3.05) is 13.1 Å². The molecule has 0 saturated carbocycles. The van der Waals surface area contributed by atoms with Crippen LogP contribution in [0.15, 0.2) is 24.3 Å². The molecule has 1 fully saturated rings. The quantitative estimate of drug-likeness (QED) is 0.724. The fraction of sp³-hybridized carbons (Fsp3) is 0.462. The van der Waals surface area contributed by atoms with Crippen molar-refractivity contribution in [2.24, 2.45) is 0 Å². The third-order valence-electron chi connectivity index (χ3n) is 2.96. The maximum absolute atomic E-state index is 12.2. The van der Waals surface area contributed by atoms with Crippen LogP contribution in [0.3, 0.4) is 0 Å². The predicted molar refractivity (Wildman–Crippen MR) is 73.5 cm³/mol. The summed E-state index contributed by atoms with van der Waals surface area (Å²) in [7, 11) is 0. The lowest BCUT2D eigenvalue weighted by molar-refractivity contribution is 0.0761. The highest BCUT2D eigenvalue weighted by atomic mass is 127. The second-order valence-corrected chi connectivity index (χ2v) is 5.46. The number of rotatable bonds is 1. The predicted octanol–water partition coefficient (Wildman–Crippen LogP) is 3.31. The van der Waals surface area contributed by atoms with Gasteiger partial charge in [-0.25, -0.2) is 0 Å². The minimum atomic E-state index is 0.195. The zero-order chi connectivity index (χ0) is 11.4. The van der Waals surface area contributed by atoms with Crippen molar-refractivity contribution in [3.8, 4) is 0 Å². The molecule has 1 aromatic carbocycles. The van der Waals surface area contributed by atoms with Crippen molar-refractivity contribution in [2.45, 2.75) is 25.7 Å². The van der Waals surface area contributed by atoms with E-state index in [9.17, 15) is 4.79 Å². The molecule has 1 heterocycles. The van der Waals surface area contributed by atoms with Crippen LogP contribution in [0.1, 0.15) is 36.0 Å². The molecule has 0 bridgehead atoms. The van der Waals surface area contributed by atoms with Gasteiger partial charge >= 0.3 is 0 Å². The lowest BCUT2D eigenvalue weighted by atomic mass is 10.2. The normalized spacial score (nSPS) is 16.9. The van der Waals surface area contributed by atoms with Crippen molar-refractivity contribution in [1.29, 1.82) is 0 Å². The maximum Gasteiger partial charge on any atom is 0.253 e. The molecule has 2 nitrogen and oxygen atoms in total. The Morgan fingerprint density at radius 1 is 1.12 bits per heavy atom. The van der Waals surface area contributed by atoms with Crippen molar-refractivity contribution in [3.05, 3.63) is 33.4 Å². The van der Waals surface area contributed by atoms with Gasteiger partial charge < -0.3 is 4.90 Å². The average Bonchev–Trinajstić information content (AvgIpc) is 2.56. The number of carbonyl (C=O) groups excluding carboxylic acids is 1. The molecule has 0 N–H and O–H groups in total. The summed E-state index contributed by atoms with van der Waals surface area (Å²) in [6, 6.07) is 7.84. The van der Waals surface area contributed by atoms with E-state index in [1.807, 2.05) is 29.2 Å². The Labute approximate surface area is 110 Å². The Hall–Kier alpha value is -0.580. The van der Waals surface area contributed by atoms with E-state index in [0.717, 1.165) is 35.1 Å². The molecule has 3 heteroatoms. The van der Waals surface area contributed by atoms with Crippen LogP contribution >= 0.6 is 22.6 Å². The Kier molecular flexibility index (Phi) is 4.21. The molecular formula is C13H16INO. The molecule has 0 aromatic heterocycles. The van der Waals surface area contributed by atoms with Gasteiger partial charge in [-0.1, -0.05) is 18.9 Å². The van der Waals surface area contributed by atoms with E-state index in [4.69, 9.17) is 0 Å². The van der Waals surface area contributed by atoms with Crippen molar-refractivity contribution in [3.63, 3.8) is 0 Å². The van der Waals surface area contributed by atoms with Crippen LogP contribution in [-0.4, -0.2) is 23.9 Å². The second kappa shape index (κ2) is 5.66. The molecule has 1 aliphatic rings. The number of halogens is 1. The first-order valence-electron chi connectivity index (χ1n) is 5.82. The topological polar surface area (TPSA) is 20.3 Å². The van der Waals surface area contributed by atoms with Gasteiger partial charge in [0.1, 0.15) is 0 Å². The Morgan fingerprint density at radius 3 is 2.44 bits per heavy atom. The van der Waals surface area contributed by atoms with Crippen molar-refractivity contribution < 1.29 is 4.79 Å². The SMILES string of the molecule is O=C(c1cccc(I)c1)N1CCCCCC1. The first-order valence-corrected chi connectivity index (χ1v) is 6.90. The van der Waals surface area contributed by atoms with Gasteiger partial charge in [-0.2, -0.15) is 0 Å². The molecule has 0 unspecified atom stereocenters. The summed E-state index contributed by atoms with van der Waals surface area (Å²) in [5.74, 6) is 0.195. The lowest BCUT2D eigenvalue weighted by Gasteiger charge is -2.20. The van der Waals surface area contributed by atoms with Crippen LogP contribution in [0.4, 0.5) is 0 Å². The van der Waals surface area contributed by atoms with E-state index in [2.05, 4.69) is 22.6 Å². The van der Waals surface area contributed by atoms with Crippen LogP contribution in [0.5, 0.6) is 0 Å². The maximum atomic E-state index is 12.2. The summed E-state index contributed by atoms with van der Waals surface area (Å²) < 4.78 is 1.12. The Balaban J connectivity index is 2.11. The van der Waals surface area contributed by atoms with Crippen molar-refractivity contribution >= 4 is 28.5 Å². The molecule has 0 spiro atoms. The number of hydrogen-bond acceptors (Lipinski definition) is 1. The van der Waals surface area contributed by atoms with E-state index in [1.165, 1.54) is 12.8 Å². The van der Waals surface area contributed by atoms with Gasteiger partial charge in [-0.15, -0.1) is 0 Å². The molecular weight excluding hydrogens is 313 g/mol. The summed E-state index contributed by atoms with van der Waals surface area (Å²) >= 11 is 2.25. The van der Waals surface area contributed by atoms with Crippen LogP contribution < -0.4 is 0 Å². The third-order valence-corrected chi connectivity index (χ3v) is 3.64. The monoisotopic (exact) mass is 329 g/mol. The molecule has 0 radical (unpaired) electrons. The zero-order valence-corrected chi connectivity index (χ0v) is 11.4. The van der Waals surface area contributed by atoms with Gasteiger partial charge in [0, 0.05) is 22.2 Å². The van der Waals surface area contributed by atoms with Gasteiger partial charge in [0.15, 0.2) is 0 Å². The number of benzene rings is 1. The fourth-order valence-electron chi connectivity index (χ4n) is 2.08. The minimum absolute atomic E-state index is 0.195. The van der Waals surface area contributed by atoms with E-state index >= 15 is 0 Å². The average molecular weight is 329 g/mol. The molecule has 2 rings (SSSR count). The highest BCUT2D eigenvalue weighted by Crippen LogP contribution is 2.15. The minimum Gasteiger partial charge on any atom is -0.339 e. The number of carbonyl (C=O) groups is 1. The molecule has 1 amide bonds. The molecule has 1 aromatic rings. The number of likely N-dealkylation sites (tertiary alicyclic amines) is 1. The van der Waals surface area contributed by atoms with Gasteiger partial charge in [0.2, 0.25) is 0 Å². The molecule has 1 aliphatic heterocycles. The van der Waals surface area contributed by atoms with Crippen LogP contribution in [0.2, 0.25) is 0 Å². The summed E-state index contributed by atoms with van der Waals surface area (Å²) in [5.41, 5.74) is 0.828. The van der Waals surface area contributed by atoms with E-state index in [0.29, 0.717) is 0 Å². The lowest BCUT2D eigenvalue weighted by Crippen LogP contribution is -2.31. The largest absolute Gasteiger partial charge is 0.339 e. The zero-order valence-electron chi connectivity index (χ0n) is 9.29. The standard InChI is InChI=1S/C13H16INO/c14-12-7-5-6-11(10-12)13(16)15-8-3-1-2-4-9-15/h5-7,10H,1-4,8-9H2. The van der Waals surface area contributed by atoms with E-state index < -0.39 is 0 Å². The summed E-state index contributed by atoms with van der Waals surface area (Å²) in [6.07, 6.45) is 4.82. The van der Waals surface area contributed by atoms with E-state index in [1.54, 1.807) is 0 Å². The summed E-state index contributed by atoms with van der Waals surface area (Å²) in [4.78, 5) is 14.2. The van der Waals surface area contributed by atoms with Crippen LogP contribution in [-0.2, 0) is 0 Å².